The predicted molar refractivity (Wildman–Crippen MR) is 78.8 cm³/mol. The molecule has 0 saturated heterocycles. The molecule has 1 aromatic rings. The van der Waals surface area contributed by atoms with E-state index >= 15 is 0 Å². The van der Waals surface area contributed by atoms with Gasteiger partial charge < -0.3 is 9.47 Å². The first-order valence-electron chi connectivity index (χ1n) is 5.48. The SMILES string of the molecule is COCC1CC=c2sc(C)nc2=CC1(I)OC. The van der Waals surface area contributed by atoms with Gasteiger partial charge in [-0.3, -0.25) is 0 Å². The first kappa shape index (κ1) is 13.5. The van der Waals surface area contributed by atoms with Crippen molar-refractivity contribution in [2.24, 2.45) is 5.92 Å². The molecule has 0 saturated carbocycles. The maximum absolute atomic E-state index is 5.69. The van der Waals surface area contributed by atoms with Crippen LogP contribution >= 0.6 is 33.9 Å². The molecule has 17 heavy (non-hydrogen) atoms. The van der Waals surface area contributed by atoms with Crippen molar-refractivity contribution in [2.45, 2.75) is 17.0 Å². The van der Waals surface area contributed by atoms with Crippen LogP contribution in [0.2, 0.25) is 0 Å². The zero-order chi connectivity index (χ0) is 12.5. The van der Waals surface area contributed by atoms with E-state index in [1.54, 1.807) is 25.6 Å². The summed E-state index contributed by atoms with van der Waals surface area (Å²) < 4.78 is 11.9. The third-order valence-electron chi connectivity index (χ3n) is 2.95. The molecule has 0 fully saturated rings. The zero-order valence-corrected chi connectivity index (χ0v) is 13.2. The zero-order valence-electron chi connectivity index (χ0n) is 10.2. The normalized spacial score (nSPS) is 27.9. The van der Waals surface area contributed by atoms with Crippen LogP contribution in [0.4, 0.5) is 0 Å². The van der Waals surface area contributed by atoms with Crippen molar-refractivity contribution in [1.82, 2.24) is 4.98 Å². The van der Waals surface area contributed by atoms with Gasteiger partial charge in [-0.15, -0.1) is 11.3 Å². The number of ether oxygens (including phenoxy) is 2. The minimum absolute atomic E-state index is 0.319. The Balaban J connectivity index is 2.50. The van der Waals surface area contributed by atoms with Crippen molar-refractivity contribution in [3.63, 3.8) is 0 Å². The van der Waals surface area contributed by atoms with Crippen LogP contribution in [0.5, 0.6) is 0 Å². The molecule has 1 heterocycles. The average Bonchev–Trinajstić information content (AvgIpc) is 2.58. The molecule has 0 aliphatic heterocycles. The molecule has 1 aliphatic rings. The number of alkyl halides is 1. The minimum Gasteiger partial charge on any atom is -0.384 e. The van der Waals surface area contributed by atoms with E-state index in [9.17, 15) is 0 Å². The van der Waals surface area contributed by atoms with Crippen molar-refractivity contribution in [2.75, 3.05) is 20.8 Å². The van der Waals surface area contributed by atoms with Gasteiger partial charge in [-0.25, -0.2) is 4.98 Å². The van der Waals surface area contributed by atoms with Gasteiger partial charge in [0.15, 0.2) is 0 Å². The quantitative estimate of drug-likeness (QED) is 0.601. The van der Waals surface area contributed by atoms with Gasteiger partial charge in [0.2, 0.25) is 0 Å². The number of aromatic nitrogens is 1. The first-order valence-corrected chi connectivity index (χ1v) is 7.38. The third kappa shape index (κ3) is 2.72. The number of thiazole rings is 1. The van der Waals surface area contributed by atoms with Gasteiger partial charge in [-0.1, -0.05) is 6.08 Å². The van der Waals surface area contributed by atoms with E-state index in [1.165, 1.54) is 4.53 Å². The van der Waals surface area contributed by atoms with Gasteiger partial charge >= 0.3 is 0 Å². The summed E-state index contributed by atoms with van der Waals surface area (Å²) in [4.78, 5) is 4.56. The molecule has 2 unspecified atom stereocenters. The highest BCUT2D eigenvalue weighted by Crippen LogP contribution is 2.34. The topological polar surface area (TPSA) is 31.4 Å². The first-order chi connectivity index (χ1) is 8.09. The van der Waals surface area contributed by atoms with Crippen LogP contribution in [0.15, 0.2) is 0 Å². The van der Waals surface area contributed by atoms with E-state index in [0.29, 0.717) is 12.5 Å². The molecule has 1 aromatic heterocycles. The van der Waals surface area contributed by atoms with E-state index in [1.807, 2.05) is 6.92 Å². The molecule has 0 radical (unpaired) electrons. The maximum Gasteiger partial charge on any atom is 0.144 e. The molecule has 0 N–H and O–H groups in total. The highest BCUT2D eigenvalue weighted by Gasteiger charge is 2.35. The number of hydrogen-bond donors (Lipinski definition) is 0. The fourth-order valence-electron chi connectivity index (χ4n) is 2.03. The minimum atomic E-state index is -0.337. The standard InChI is InChI=1S/C12H16INO2S/c1-8-14-10-6-12(13,16-3)9(7-15-2)4-5-11(10)17-8/h5-6,9H,4,7H2,1-3H3. The smallest absolute Gasteiger partial charge is 0.144 e. The molecule has 3 nitrogen and oxygen atoms in total. The predicted octanol–water partition coefficient (Wildman–Crippen LogP) is 1.46. The largest absolute Gasteiger partial charge is 0.384 e. The molecule has 94 valence electrons. The van der Waals surface area contributed by atoms with Crippen LogP contribution in [0, 0.1) is 12.8 Å². The van der Waals surface area contributed by atoms with Crippen LogP contribution in [0.25, 0.3) is 12.2 Å². The lowest BCUT2D eigenvalue weighted by Crippen LogP contribution is -2.35. The number of rotatable bonds is 3. The second kappa shape index (κ2) is 5.34. The number of methoxy groups -OCH3 is 2. The molecule has 0 aromatic carbocycles. The van der Waals surface area contributed by atoms with Gasteiger partial charge in [0.05, 0.1) is 21.5 Å². The van der Waals surface area contributed by atoms with E-state index in [2.05, 4.69) is 39.7 Å². The summed E-state index contributed by atoms with van der Waals surface area (Å²) in [5.41, 5.74) is 0. The van der Waals surface area contributed by atoms with Crippen LogP contribution in [0.3, 0.4) is 0 Å². The second-order valence-electron chi connectivity index (χ2n) is 4.12. The van der Waals surface area contributed by atoms with E-state index in [4.69, 9.17) is 9.47 Å². The van der Waals surface area contributed by atoms with Gasteiger partial charge in [0, 0.05) is 20.1 Å². The number of nitrogens with zero attached hydrogens (tertiary/aromatic N) is 1. The Kier molecular flexibility index (Phi) is 4.22. The number of halogens is 1. The average molecular weight is 365 g/mol. The second-order valence-corrected chi connectivity index (χ2v) is 7.04. The van der Waals surface area contributed by atoms with Crippen molar-refractivity contribution in [3.8, 4) is 0 Å². The highest BCUT2D eigenvalue weighted by atomic mass is 127. The fourth-order valence-corrected chi connectivity index (χ4v) is 3.61. The lowest BCUT2D eigenvalue weighted by Gasteiger charge is -2.30. The Morgan fingerprint density at radius 2 is 2.35 bits per heavy atom. The molecular formula is C12H16INO2S. The van der Waals surface area contributed by atoms with Gasteiger partial charge in [0.25, 0.3) is 0 Å². The molecular weight excluding hydrogens is 349 g/mol. The summed E-state index contributed by atoms with van der Waals surface area (Å²) in [6.45, 7) is 2.73. The monoisotopic (exact) mass is 365 g/mol. The summed E-state index contributed by atoms with van der Waals surface area (Å²) in [7, 11) is 3.48. The van der Waals surface area contributed by atoms with Crippen molar-refractivity contribution in [3.05, 3.63) is 14.9 Å². The van der Waals surface area contributed by atoms with Gasteiger partial charge in [-0.2, -0.15) is 0 Å². The van der Waals surface area contributed by atoms with Crippen molar-refractivity contribution < 1.29 is 9.47 Å². The molecule has 0 bridgehead atoms. The molecule has 5 heteroatoms. The van der Waals surface area contributed by atoms with Gasteiger partial charge in [-0.05, 0) is 42.0 Å². The Bertz CT molecular complexity index is 513. The Morgan fingerprint density at radius 1 is 1.59 bits per heavy atom. The Morgan fingerprint density at radius 3 is 3.00 bits per heavy atom. The Labute approximate surface area is 119 Å². The molecule has 1 aliphatic carbocycles. The number of aryl methyl sites for hydroxylation is 1. The summed E-state index contributed by atoms with van der Waals surface area (Å²) in [5, 5.41) is 2.14. The van der Waals surface area contributed by atoms with Crippen LogP contribution in [-0.2, 0) is 9.47 Å². The number of hydrogen-bond acceptors (Lipinski definition) is 4. The van der Waals surface area contributed by atoms with E-state index in [-0.39, 0.29) is 3.61 Å². The summed E-state index contributed by atoms with van der Waals surface area (Å²) in [6, 6.07) is 0. The Hall–Kier alpha value is 0.0200. The van der Waals surface area contributed by atoms with Crippen LogP contribution in [0.1, 0.15) is 11.4 Å². The van der Waals surface area contributed by atoms with Crippen molar-refractivity contribution >= 4 is 46.1 Å². The fraction of sp³-hybridized carbons (Fsp3) is 0.583. The van der Waals surface area contributed by atoms with Crippen molar-refractivity contribution in [1.29, 1.82) is 0 Å². The van der Waals surface area contributed by atoms with Crippen LogP contribution < -0.4 is 9.88 Å². The highest BCUT2D eigenvalue weighted by molar-refractivity contribution is 14.1. The van der Waals surface area contributed by atoms with E-state index in [0.717, 1.165) is 16.8 Å². The molecule has 2 atom stereocenters. The number of fused-ring (bicyclic) bond motifs is 1. The molecule has 2 rings (SSSR count). The summed E-state index contributed by atoms with van der Waals surface area (Å²) in [6.07, 6.45) is 5.33. The van der Waals surface area contributed by atoms with Gasteiger partial charge in [0.1, 0.15) is 3.61 Å². The molecule has 0 amide bonds. The van der Waals surface area contributed by atoms with Crippen LogP contribution in [-0.4, -0.2) is 29.4 Å². The summed E-state index contributed by atoms with van der Waals surface area (Å²) >= 11 is 4.09. The maximum atomic E-state index is 5.69. The third-order valence-corrected chi connectivity index (χ3v) is 5.56. The molecule has 0 spiro atoms. The lowest BCUT2D eigenvalue weighted by molar-refractivity contribution is 0.0432. The summed E-state index contributed by atoms with van der Waals surface area (Å²) in [5.74, 6) is 0.319. The lowest BCUT2D eigenvalue weighted by atomic mass is 10.00. The van der Waals surface area contributed by atoms with E-state index < -0.39 is 0 Å².